The van der Waals surface area contributed by atoms with E-state index >= 15 is 0 Å². The summed E-state index contributed by atoms with van der Waals surface area (Å²) < 4.78 is 1.68. The lowest BCUT2D eigenvalue weighted by atomic mass is 10.1. The minimum Gasteiger partial charge on any atom is -0.307 e. The van der Waals surface area contributed by atoms with Crippen LogP contribution in [0.2, 0.25) is 0 Å². The highest BCUT2D eigenvalue weighted by Crippen LogP contribution is 2.25. The molecule has 0 aliphatic carbocycles. The number of benzene rings is 1. The van der Waals surface area contributed by atoms with E-state index in [1.54, 1.807) is 22.9 Å². The molecule has 0 spiro atoms. The van der Waals surface area contributed by atoms with Gasteiger partial charge >= 0.3 is 0 Å². The summed E-state index contributed by atoms with van der Waals surface area (Å²) in [4.78, 5) is 32.3. The van der Waals surface area contributed by atoms with E-state index in [-0.39, 0.29) is 11.2 Å². The van der Waals surface area contributed by atoms with Crippen molar-refractivity contribution in [1.82, 2.24) is 24.6 Å². The molecule has 3 heterocycles. The van der Waals surface area contributed by atoms with E-state index in [2.05, 4.69) is 20.0 Å². The number of hydrogen-bond donors (Lipinski definition) is 1. The third-order valence-electron chi connectivity index (χ3n) is 4.91. The molecular weight excluding hydrogens is 372 g/mol. The molecule has 0 amide bonds. The normalized spacial score (nSPS) is 14.3. The maximum Gasteiger partial charge on any atom is 0.269 e. The second kappa shape index (κ2) is 7.44. The van der Waals surface area contributed by atoms with E-state index in [1.807, 2.05) is 26.4 Å². The first-order chi connectivity index (χ1) is 13.9. The largest absolute Gasteiger partial charge is 0.307 e. The Kier molecular flexibility index (Phi) is 4.81. The summed E-state index contributed by atoms with van der Waals surface area (Å²) in [5, 5.41) is 15.3. The summed E-state index contributed by atoms with van der Waals surface area (Å²) >= 11 is 0. The number of hydrogen-bond acceptors (Lipinski definition) is 6. The predicted octanol–water partition coefficient (Wildman–Crippen LogP) is 2.24. The molecule has 9 nitrogen and oxygen atoms in total. The van der Waals surface area contributed by atoms with Gasteiger partial charge in [-0.05, 0) is 31.3 Å². The number of nitro groups is 1. The van der Waals surface area contributed by atoms with Crippen LogP contribution in [0.15, 0.2) is 35.3 Å². The van der Waals surface area contributed by atoms with Gasteiger partial charge < -0.3 is 9.88 Å². The van der Waals surface area contributed by atoms with Gasteiger partial charge in [0, 0.05) is 56.0 Å². The van der Waals surface area contributed by atoms with Crippen molar-refractivity contribution >= 4 is 17.8 Å². The molecular formula is C20H20N6O3. The molecule has 3 aromatic rings. The minimum absolute atomic E-state index is 0.0308. The molecule has 0 saturated heterocycles. The number of aryl methyl sites for hydroxylation is 1. The van der Waals surface area contributed by atoms with Gasteiger partial charge in [-0.1, -0.05) is 0 Å². The maximum atomic E-state index is 12.4. The van der Waals surface area contributed by atoms with Crippen LogP contribution in [0, 0.1) is 10.1 Å². The molecule has 1 aliphatic rings. The maximum absolute atomic E-state index is 12.4. The average Bonchev–Trinajstić information content (AvgIpc) is 3.07. The average molecular weight is 392 g/mol. The molecule has 4 rings (SSSR count). The van der Waals surface area contributed by atoms with Crippen molar-refractivity contribution in [2.24, 2.45) is 7.05 Å². The Hall–Kier alpha value is -3.59. The fourth-order valence-electron chi connectivity index (χ4n) is 3.42. The van der Waals surface area contributed by atoms with Crippen molar-refractivity contribution < 1.29 is 4.92 Å². The van der Waals surface area contributed by atoms with Gasteiger partial charge in [0.2, 0.25) is 0 Å². The van der Waals surface area contributed by atoms with Crippen LogP contribution >= 0.6 is 0 Å². The molecule has 0 unspecified atom stereocenters. The third kappa shape index (κ3) is 3.85. The third-order valence-corrected chi connectivity index (χ3v) is 4.91. The molecule has 0 radical (unpaired) electrons. The molecule has 1 aliphatic heterocycles. The van der Waals surface area contributed by atoms with Gasteiger partial charge in [0.15, 0.2) is 0 Å². The van der Waals surface area contributed by atoms with Gasteiger partial charge in [-0.25, -0.2) is 4.98 Å². The molecule has 148 valence electrons. The summed E-state index contributed by atoms with van der Waals surface area (Å²) in [5.74, 6) is 0.497. The number of aromatic nitrogens is 4. The van der Waals surface area contributed by atoms with Crippen molar-refractivity contribution in [2.45, 2.75) is 13.0 Å². The molecule has 0 saturated carbocycles. The van der Waals surface area contributed by atoms with Crippen LogP contribution in [0.3, 0.4) is 0 Å². The Balaban J connectivity index is 1.65. The van der Waals surface area contributed by atoms with Gasteiger partial charge in [0.05, 0.1) is 21.9 Å². The molecule has 9 heteroatoms. The van der Waals surface area contributed by atoms with Crippen molar-refractivity contribution in [3.63, 3.8) is 0 Å². The number of likely N-dealkylation sites (N-methyl/N-ethyl adjacent to an activating group) is 1. The molecule has 1 aromatic carbocycles. The Bertz CT molecular complexity index is 1160. The van der Waals surface area contributed by atoms with Gasteiger partial charge in [0.25, 0.3) is 11.2 Å². The molecule has 0 bridgehead atoms. The number of nitro benzene ring substituents is 1. The first-order valence-corrected chi connectivity index (χ1v) is 9.18. The predicted molar refractivity (Wildman–Crippen MR) is 109 cm³/mol. The summed E-state index contributed by atoms with van der Waals surface area (Å²) in [6, 6.07) is 6.26. The summed E-state index contributed by atoms with van der Waals surface area (Å²) in [6.45, 7) is 1.48. The second-order valence-corrected chi connectivity index (χ2v) is 7.11. The van der Waals surface area contributed by atoms with Gasteiger partial charge in [-0.2, -0.15) is 5.10 Å². The van der Waals surface area contributed by atoms with Crippen LogP contribution in [-0.2, 0) is 20.0 Å². The van der Waals surface area contributed by atoms with Crippen molar-refractivity contribution in [2.75, 3.05) is 13.6 Å². The van der Waals surface area contributed by atoms with E-state index in [9.17, 15) is 14.9 Å². The molecule has 29 heavy (non-hydrogen) atoms. The number of nitrogens with zero attached hydrogens (tertiary/aromatic N) is 5. The topological polar surface area (TPSA) is 110 Å². The number of aromatic amines is 1. The summed E-state index contributed by atoms with van der Waals surface area (Å²) in [6.07, 6.45) is 6.19. The van der Waals surface area contributed by atoms with E-state index in [0.717, 1.165) is 35.3 Å². The van der Waals surface area contributed by atoms with Crippen LogP contribution in [0.5, 0.6) is 0 Å². The van der Waals surface area contributed by atoms with Crippen LogP contribution in [0.4, 0.5) is 5.69 Å². The standard InChI is InChI=1S/C20H20N6O3/c1-24-10-9-17-16(12-24)20(27)22-18(21-17)8-5-14-11-25(2)23-19(14)13-3-6-15(7-4-13)26(28)29/h3-8,11H,9-10,12H2,1-2H3,(H,21,22,27)/b8-5+. The Morgan fingerprint density at radius 2 is 1.97 bits per heavy atom. The van der Waals surface area contributed by atoms with E-state index in [4.69, 9.17) is 0 Å². The van der Waals surface area contributed by atoms with E-state index in [0.29, 0.717) is 18.1 Å². The van der Waals surface area contributed by atoms with Crippen LogP contribution in [-0.4, -0.2) is 43.2 Å². The number of nitrogens with one attached hydrogen (secondary N) is 1. The Labute approximate surface area is 166 Å². The minimum atomic E-state index is -0.432. The first kappa shape index (κ1) is 18.8. The van der Waals surface area contributed by atoms with E-state index < -0.39 is 4.92 Å². The lowest BCUT2D eigenvalue weighted by Gasteiger charge is -2.23. The summed E-state index contributed by atoms with van der Waals surface area (Å²) in [7, 11) is 3.79. The van der Waals surface area contributed by atoms with Crippen LogP contribution in [0.25, 0.3) is 23.4 Å². The van der Waals surface area contributed by atoms with Crippen molar-refractivity contribution in [1.29, 1.82) is 0 Å². The number of fused-ring (bicyclic) bond motifs is 1. The van der Waals surface area contributed by atoms with Gasteiger partial charge in [-0.15, -0.1) is 0 Å². The number of H-pyrrole nitrogens is 1. The zero-order valence-electron chi connectivity index (χ0n) is 16.1. The fraction of sp³-hybridized carbons (Fsp3) is 0.250. The first-order valence-electron chi connectivity index (χ1n) is 9.18. The molecule has 2 aromatic heterocycles. The molecule has 1 N–H and O–H groups in total. The van der Waals surface area contributed by atoms with Gasteiger partial charge in [-0.3, -0.25) is 19.6 Å². The Morgan fingerprint density at radius 3 is 2.69 bits per heavy atom. The van der Waals surface area contributed by atoms with Crippen LogP contribution in [0.1, 0.15) is 22.6 Å². The van der Waals surface area contributed by atoms with Crippen LogP contribution < -0.4 is 5.56 Å². The summed E-state index contributed by atoms with van der Waals surface area (Å²) in [5.41, 5.74) is 3.77. The van der Waals surface area contributed by atoms with Gasteiger partial charge in [0.1, 0.15) is 5.82 Å². The smallest absolute Gasteiger partial charge is 0.269 e. The molecule has 0 fully saturated rings. The fourth-order valence-corrected chi connectivity index (χ4v) is 3.42. The lowest BCUT2D eigenvalue weighted by molar-refractivity contribution is -0.384. The number of rotatable bonds is 4. The van der Waals surface area contributed by atoms with Crippen molar-refractivity contribution in [3.05, 3.63) is 73.6 Å². The highest BCUT2D eigenvalue weighted by molar-refractivity contribution is 5.77. The zero-order chi connectivity index (χ0) is 20.5. The monoisotopic (exact) mass is 392 g/mol. The molecule has 0 atom stereocenters. The SMILES string of the molecule is CN1CCc2nc(/C=C/c3cn(C)nc3-c3ccc([N+](=O)[O-])cc3)[nH]c(=O)c2C1. The lowest BCUT2D eigenvalue weighted by Crippen LogP contribution is -2.33. The van der Waals surface area contributed by atoms with E-state index in [1.165, 1.54) is 12.1 Å². The Morgan fingerprint density at radius 1 is 1.21 bits per heavy atom. The number of non-ortho nitro benzene ring substituents is 1. The van der Waals surface area contributed by atoms with Crippen molar-refractivity contribution in [3.8, 4) is 11.3 Å². The highest BCUT2D eigenvalue weighted by Gasteiger charge is 2.18. The zero-order valence-corrected chi connectivity index (χ0v) is 16.1. The quantitative estimate of drug-likeness (QED) is 0.539. The second-order valence-electron chi connectivity index (χ2n) is 7.11. The highest BCUT2D eigenvalue weighted by atomic mass is 16.6.